The lowest BCUT2D eigenvalue weighted by atomic mass is 9.90. The molecule has 1 unspecified atom stereocenters. The summed E-state index contributed by atoms with van der Waals surface area (Å²) in [4.78, 5) is 12.1. The number of rotatable bonds is 5. The van der Waals surface area contributed by atoms with Gasteiger partial charge in [0.05, 0.1) is 18.1 Å². The first-order valence-electron chi connectivity index (χ1n) is 6.49. The van der Waals surface area contributed by atoms with Gasteiger partial charge in [-0.1, -0.05) is 32.4 Å². The molecule has 1 N–H and O–H groups in total. The van der Waals surface area contributed by atoms with Gasteiger partial charge in [-0.3, -0.25) is 4.79 Å². The number of halogens is 2. The molecule has 1 aromatic carbocycles. The first-order chi connectivity index (χ1) is 9.23. The van der Waals surface area contributed by atoms with E-state index in [0.717, 1.165) is 6.42 Å². The SMILES string of the molecule is COc1cc(Cl)ccc1C(=O)NCC(Cl)CC(C)(C)C. The van der Waals surface area contributed by atoms with Gasteiger partial charge in [0.2, 0.25) is 0 Å². The van der Waals surface area contributed by atoms with Gasteiger partial charge >= 0.3 is 0 Å². The second kappa shape index (κ2) is 7.19. The van der Waals surface area contributed by atoms with E-state index in [1.54, 1.807) is 18.2 Å². The Morgan fingerprint density at radius 2 is 2.05 bits per heavy atom. The first-order valence-corrected chi connectivity index (χ1v) is 7.30. The van der Waals surface area contributed by atoms with Crippen molar-refractivity contribution in [1.29, 1.82) is 0 Å². The van der Waals surface area contributed by atoms with E-state index in [-0.39, 0.29) is 16.7 Å². The van der Waals surface area contributed by atoms with Crippen LogP contribution < -0.4 is 10.1 Å². The highest BCUT2D eigenvalue weighted by molar-refractivity contribution is 6.30. The molecule has 0 bridgehead atoms. The van der Waals surface area contributed by atoms with Crippen LogP contribution in [-0.4, -0.2) is 24.9 Å². The predicted octanol–water partition coefficient (Wildman–Crippen LogP) is 4.12. The molecule has 0 fully saturated rings. The third kappa shape index (κ3) is 5.59. The molecule has 20 heavy (non-hydrogen) atoms. The number of hydrogen-bond acceptors (Lipinski definition) is 2. The number of nitrogens with one attached hydrogen (secondary N) is 1. The lowest BCUT2D eigenvalue weighted by molar-refractivity contribution is 0.0949. The minimum Gasteiger partial charge on any atom is -0.496 e. The Hall–Kier alpha value is -0.930. The van der Waals surface area contributed by atoms with Gasteiger partial charge < -0.3 is 10.1 Å². The van der Waals surface area contributed by atoms with Crippen LogP contribution in [0.1, 0.15) is 37.6 Å². The highest BCUT2D eigenvalue weighted by Gasteiger charge is 2.18. The molecule has 1 rings (SSSR count). The van der Waals surface area contributed by atoms with Crippen molar-refractivity contribution in [1.82, 2.24) is 5.32 Å². The van der Waals surface area contributed by atoms with Gasteiger partial charge in [0.15, 0.2) is 0 Å². The van der Waals surface area contributed by atoms with Gasteiger partial charge in [0.1, 0.15) is 5.75 Å². The van der Waals surface area contributed by atoms with Gasteiger partial charge in [-0.2, -0.15) is 0 Å². The Bertz CT molecular complexity index is 469. The van der Waals surface area contributed by atoms with E-state index in [1.807, 2.05) is 0 Å². The molecule has 0 aromatic heterocycles. The average molecular weight is 318 g/mol. The van der Waals surface area contributed by atoms with Crippen LogP contribution in [0.5, 0.6) is 5.75 Å². The third-order valence-corrected chi connectivity index (χ3v) is 3.27. The van der Waals surface area contributed by atoms with Crippen LogP contribution >= 0.6 is 23.2 Å². The van der Waals surface area contributed by atoms with Gasteiger partial charge in [0.25, 0.3) is 5.91 Å². The third-order valence-electron chi connectivity index (χ3n) is 2.73. The molecule has 5 heteroatoms. The summed E-state index contributed by atoms with van der Waals surface area (Å²) in [5.74, 6) is 0.245. The van der Waals surface area contributed by atoms with Crippen molar-refractivity contribution in [3.05, 3.63) is 28.8 Å². The normalized spacial score (nSPS) is 12.9. The van der Waals surface area contributed by atoms with E-state index >= 15 is 0 Å². The number of carbonyl (C=O) groups excluding carboxylic acids is 1. The van der Waals surface area contributed by atoms with Crippen LogP contribution in [-0.2, 0) is 0 Å². The van der Waals surface area contributed by atoms with Crippen molar-refractivity contribution in [2.45, 2.75) is 32.6 Å². The zero-order chi connectivity index (χ0) is 15.3. The van der Waals surface area contributed by atoms with E-state index in [2.05, 4.69) is 26.1 Å². The van der Waals surface area contributed by atoms with Crippen molar-refractivity contribution in [2.24, 2.45) is 5.41 Å². The molecule has 0 aliphatic heterocycles. The fourth-order valence-corrected chi connectivity index (χ4v) is 2.59. The van der Waals surface area contributed by atoms with Crippen LogP contribution in [0.25, 0.3) is 0 Å². The summed E-state index contributed by atoms with van der Waals surface area (Å²) in [6.45, 7) is 6.77. The van der Waals surface area contributed by atoms with E-state index in [4.69, 9.17) is 27.9 Å². The molecule has 0 saturated carbocycles. The standard InChI is InChI=1S/C15H21Cl2NO2/c1-15(2,3)8-11(17)9-18-14(19)12-6-5-10(16)7-13(12)20-4/h5-7,11H,8-9H2,1-4H3,(H,18,19). The summed E-state index contributed by atoms with van der Waals surface area (Å²) >= 11 is 12.1. The summed E-state index contributed by atoms with van der Waals surface area (Å²) < 4.78 is 5.16. The number of alkyl halides is 1. The molecule has 0 radical (unpaired) electrons. The number of methoxy groups -OCH3 is 1. The summed E-state index contributed by atoms with van der Waals surface area (Å²) in [6.07, 6.45) is 0.826. The Labute approximate surface area is 130 Å². The minimum absolute atomic E-state index is 0.0998. The summed E-state index contributed by atoms with van der Waals surface area (Å²) in [7, 11) is 1.51. The lowest BCUT2D eigenvalue weighted by Gasteiger charge is -2.22. The van der Waals surface area contributed by atoms with Crippen molar-refractivity contribution in [2.75, 3.05) is 13.7 Å². The molecule has 0 saturated heterocycles. The van der Waals surface area contributed by atoms with E-state index in [9.17, 15) is 4.79 Å². The number of hydrogen-bond donors (Lipinski definition) is 1. The van der Waals surface area contributed by atoms with Crippen molar-refractivity contribution in [3.8, 4) is 5.75 Å². The molecule has 0 heterocycles. The molecule has 1 amide bonds. The van der Waals surface area contributed by atoms with Gasteiger partial charge in [-0.25, -0.2) is 0 Å². The Kier molecular flexibility index (Phi) is 6.15. The van der Waals surface area contributed by atoms with E-state index < -0.39 is 0 Å². The monoisotopic (exact) mass is 317 g/mol. The summed E-state index contributed by atoms with van der Waals surface area (Å²) in [5.41, 5.74) is 0.589. The average Bonchev–Trinajstić information content (AvgIpc) is 2.33. The fourth-order valence-electron chi connectivity index (χ4n) is 1.89. The van der Waals surface area contributed by atoms with Crippen LogP contribution in [0.4, 0.5) is 0 Å². The summed E-state index contributed by atoms with van der Waals surface area (Å²) in [5, 5.41) is 3.25. The Morgan fingerprint density at radius 3 is 2.60 bits per heavy atom. The van der Waals surface area contributed by atoms with Gasteiger partial charge in [0, 0.05) is 11.6 Å². The summed E-state index contributed by atoms with van der Waals surface area (Å²) in [6, 6.07) is 4.92. The minimum atomic E-state index is -0.210. The highest BCUT2D eigenvalue weighted by atomic mass is 35.5. The molecular weight excluding hydrogens is 297 g/mol. The molecule has 1 atom stereocenters. The highest BCUT2D eigenvalue weighted by Crippen LogP contribution is 2.24. The number of benzene rings is 1. The Balaban J connectivity index is 2.64. The van der Waals surface area contributed by atoms with Crippen LogP contribution in [0.15, 0.2) is 18.2 Å². The molecule has 0 aliphatic carbocycles. The van der Waals surface area contributed by atoms with E-state index in [1.165, 1.54) is 7.11 Å². The maximum absolute atomic E-state index is 12.1. The van der Waals surface area contributed by atoms with E-state index in [0.29, 0.717) is 22.9 Å². The van der Waals surface area contributed by atoms with Crippen molar-refractivity contribution in [3.63, 3.8) is 0 Å². The van der Waals surface area contributed by atoms with Crippen molar-refractivity contribution < 1.29 is 9.53 Å². The largest absolute Gasteiger partial charge is 0.496 e. The molecular formula is C15H21Cl2NO2. The number of carbonyl (C=O) groups is 1. The molecule has 0 aliphatic rings. The number of ether oxygens (including phenoxy) is 1. The van der Waals surface area contributed by atoms with Gasteiger partial charge in [-0.15, -0.1) is 11.6 Å². The molecule has 1 aromatic rings. The van der Waals surface area contributed by atoms with Crippen LogP contribution in [0, 0.1) is 5.41 Å². The number of amides is 1. The quantitative estimate of drug-likeness (QED) is 0.829. The zero-order valence-electron chi connectivity index (χ0n) is 12.3. The smallest absolute Gasteiger partial charge is 0.255 e. The van der Waals surface area contributed by atoms with Gasteiger partial charge in [-0.05, 0) is 30.0 Å². The maximum Gasteiger partial charge on any atom is 0.255 e. The molecule has 3 nitrogen and oxygen atoms in total. The first kappa shape index (κ1) is 17.1. The molecule has 0 spiro atoms. The predicted molar refractivity (Wildman–Crippen MR) is 84.1 cm³/mol. The second-order valence-corrected chi connectivity index (χ2v) is 6.97. The Morgan fingerprint density at radius 1 is 1.40 bits per heavy atom. The maximum atomic E-state index is 12.1. The molecule has 112 valence electrons. The lowest BCUT2D eigenvalue weighted by Crippen LogP contribution is -2.31. The fraction of sp³-hybridized carbons (Fsp3) is 0.533. The zero-order valence-corrected chi connectivity index (χ0v) is 13.8. The topological polar surface area (TPSA) is 38.3 Å². The second-order valence-electron chi connectivity index (χ2n) is 5.92. The van der Waals surface area contributed by atoms with Crippen LogP contribution in [0.2, 0.25) is 5.02 Å². The van der Waals surface area contributed by atoms with Crippen LogP contribution in [0.3, 0.4) is 0 Å². The van der Waals surface area contributed by atoms with Crippen molar-refractivity contribution >= 4 is 29.1 Å².